The first-order valence-electron chi connectivity index (χ1n) is 9.00. The van der Waals surface area contributed by atoms with E-state index in [-0.39, 0.29) is 30.6 Å². The minimum atomic E-state index is -0.527. The third kappa shape index (κ3) is 5.65. The Bertz CT molecular complexity index is 975. The van der Waals surface area contributed by atoms with Crippen LogP contribution in [0.4, 0.5) is 4.39 Å². The summed E-state index contributed by atoms with van der Waals surface area (Å²) in [7, 11) is 0. The number of nitrogens with zero attached hydrogens (tertiary/aromatic N) is 1. The van der Waals surface area contributed by atoms with E-state index >= 15 is 0 Å². The summed E-state index contributed by atoms with van der Waals surface area (Å²) in [4.78, 5) is 24.1. The molecule has 150 valence electrons. The van der Waals surface area contributed by atoms with E-state index in [1.807, 2.05) is 30.3 Å². The Morgan fingerprint density at radius 3 is 2.62 bits per heavy atom. The number of carbonyl (C=O) groups is 2. The molecular formula is C21H20FN3O4. The summed E-state index contributed by atoms with van der Waals surface area (Å²) in [6, 6.07) is 16.4. The lowest BCUT2D eigenvalue weighted by Gasteiger charge is -2.15. The largest absolute Gasteiger partial charge is 0.488 e. The van der Waals surface area contributed by atoms with Crippen molar-refractivity contribution in [2.24, 2.45) is 0 Å². The van der Waals surface area contributed by atoms with Crippen molar-refractivity contribution >= 4 is 11.8 Å². The molecule has 2 amide bonds. The molecule has 2 N–H and O–H groups in total. The molecule has 1 unspecified atom stereocenters. The molecule has 0 saturated carbocycles. The summed E-state index contributed by atoms with van der Waals surface area (Å²) >= 11 is 0. The number of rotatable bonds is 8. The fraction of sp³-hybridized carbons (Fsp3) is 0.190. The van der Waals surface area contributed by atoms with E-state index in [2.05, 4.69) is 15.8 Å². The van der Waals surface area contributed by atoms with Crippen molar-refractivity contribution in [3.8, 4) is 17.1 Å². The lowest BCUT2D eigenvalue weighted by molar-refractivity contribution is -0.120. The maximum absolute atomic E-state index is 13.5. The molecule has 8 heteroatoms. The SMILES string of the molecule is CC(COc1ccccc1F)NC(=O)CNC(=O)c1cc(-c2ccccc2)on1. The minimum Gasteiger partial charge on any atom is -0.488 e. The van der Waals surface area contributed by atoms with Crippen LogP contribution in [0.1, 0.15) is 17.4 Å². The Balaban J connectivity index is 1.43. The summed E-state index contributed by atoms with van der Waals surface area (Å²) in [5.74, 6) is -0.835. The monoisotopic (exact) mass is 397 g/mol. The molecule has 0 aliphatic carbocycles. The van der Waals surface area contributed by atoms with Crippen LogP contribution in [0, 0.1) is 5.82 Å². The van der Waals surface area contributed by atoms with Crippen LogP contribution in [-0.2, 0) is 4.79 Å². The Kier molecular flexibility index (Phi) is 6.57. The number of para-hydroxylation sites is 1. The van der Waals surface area contributed by atoms with Crippen molar-refractivity contribution in [1.82, 2.24) is 15.8 Å². The Hall–Kier alpha value is -3.68. The zero-order chi connectivity index (χ0) is 20.6. The van der Waals surface area contributed by atoms with Gasteiger partial charge < -0.3 is 19.9 Å². The smallest absolute Gasteiger partial charge is 0.273 e. The van der Waals surface area contributed by atoms with Gasteiger partial charge in [0.05, 0.1) is 12.6 Å². The van der Waals surface area contributed by atoms with E-state index in [0.29, 0.717) is 5.76 Å². The zero-order valence-corrected chi connectivity index (χ0v) is 15.7. The summed E-state index contributed by atoms with van der Waals surface area (Å²) < 4.78 is 24.0. The predicted octanol–water partition coefficient (Wildman–Crippen LogP) is 2.79. The summed E-state index contributed by atoms with van der Waals surface area (Å²) in [5.41, 5.74) is 0.869. The van der Waals surface area contributed by atoms with Crippen molar-refractivity contribution < 1.29 is 23.2 Å². The van der Waals surface area contributed by atoms with Crippen LogP contribution in [0.5, 0.6) is 5.75 Å². The number of ether oxygens (including phenoxy) is 1. The molecule has 0 aliphatic rings. The maximum atomic E-state index is 13.5. The average molecular weight is 397 g/mol. The highest BCUT2D eigenvalue weighted by Crippen LogP contribution is 2.19. The van der Waals surface area contributed by atoms with Gasteiger partial charge in [0.1, 0.15) is 6.61 Å². The highest BCUT2D eigenvalue weighted by molar-refractivity contribution is 5.95. The first kappa shape index (κ1) is 20.1. The van der Waals surface area contributed by atoms with Crippen LogP contribution in [0.15, 0.2) is 65.2 Å². The van der Waals surface area contributed by atoms with Gasteiger partial charge in [-0.2, -0.15) is 0 Å². The lowest BCUT2D eigenvalue weighted by atomic mass is 10.1. The molecule has 3 aromatic rings. The normalized spacial score (nSPS) is 11.5. The quantitative estimate of drug-likeness (QED) is 0.610. The van der Waals surface area contributed by atoms with Crippen molar-refractivity contribution in [1.29, 1.82) is 0 Å². The number of hydrogen-bond acceptors (Lipinski definition) is 5. The van der Waals surface area contributed by atoms with Crippen molar-refractivity contribution in [2.45, 2.75) is 13.0 Å². The summed E-state index contributed by atoms with van der Waals surface area (Å²) in [5, 5.41) is 8.87. The van der Waals surface area contributed by atoms with E-state index in [1.165, 1.54) is 18.2 Å². The molecule has 0 bridgehead atoms. The van der Waals surface area contributed by atoms with Gasteiger partial charge in [0.2, 0.25) is 5.91 Å². The third-order valence-electron chi connectivity index (χ3n) is 3.94. The molecule has 0 radical (unpaired) electrons. The molecule has 1 aromatic heterocycles. The minimum absolute atomic E-state index is 0.0765. The second-order valence-corrected chi connectivity index (χ2v) is 6.34. The Morgan fingerprint density at radius 2 is 1.86 bits per heavy atom. The summed E-state index contributed by atoms with van der Waals surface area (Å²) in [6.07, 6.45) is 0. The number of carbonyl (C=O) groups excluding carboxylic acids is 2. The molecule has 0 spiro atoms. The van der Waals surface area contributed by atoms with Gasteiger partial charge in [-0.3, -0.25) is 9.59 Å². The van der Waals surface area contributed by atoms with Gasteiger partial charge in [0.15, 0.2) is 23.0 Å². The molecular weight excluding hydrogens is 377 g/mol. The molecule has 0 aliphatic heterocycles. The standard InChI is InChI=1S/C21H20FN3O4/c1-14(13-28-18-10-6-5-9-16(18)22)24-20(26)12-23-21(27)17-11-19(29-25-17)15-7-3-2-4-8-15/h2-11,14H,12-13H2,1H3,(H,23,27)(H,24,26). The number of nitrogens with one attached hydrogen (secondary N) is 2. The molecule has 29 heavy (non-hydrogen) atoms. The number of benzene rings is 2. The lowest BCUT2D eigenvalue weighted by Crippen LogP contribution is -2.43. The Morgan fingerprint density at radius 1 is 1.14 bits per heavy atom. The van der Waals surface area contributed by atoms with Gasteiger partial charge in [-0.05, 0) is 19.1 Å². The van der Waals surface area contributed by atoms with Crippen molar-refractivity contribution in [3.63, 3.8) is 0 Å². The van der Waals surface area contributed by atoms with Gasteiger partial charge >= 0.3 is 0 Å². The van der Waals surface area contributed by atoms with Gasteiger partial charge in [-0.25, -0.2) is 4.39 Å². The third-order valence-corrected chi connectivity index (χ3v) is 3.94. The fourth-order valence-corrected chi connectivity index (χ4v) is 2.52. The van der Waals surface area contributed by atoms with Crippen LogP contribution >= 0.6 is 0 Å². The predicted molar refractivity (Wildman–Crippen MR) is 104 cm³/mol. The van der Waals surface area contributed by atoms with Gasteiger partial charge in [-0.1, -0.05) is 47.6 Å². The van der Waals surface area contributed by atoms with Gasteiger partial charge in [0.25, 0.3) is 5.91 Å². The highest BCUT2D eigenvalue weighted by atomic mass is 19.1. The molecule has 7 nitrogen and oxygen atoms in total. The van der Waals surface area contributed by atoms with Gasteiger partial charge in [-0.15, -0.1) is 0 Å². The molecule has 1 atom stereocenters. The fourth-order valence-electron chi connectivity index (χ4n) is 2.52. The van der Waals surface area contributed by atoms with Crippen molar-refractivity contribution in [2.75, 3.05) is 13.2 Å². The van der Waals surface area contributed by atoms with Crippen LogP contribution in [-0.4, -0.2) is 36.2 Å². The molecule has 1 heterocycles. The van der Waals surface area contributed by atoms with Crippen LogP contribution in [0.25, 0.3) is 11.3 Å². The highest BCUT2D eigenvalue weighted by Gasteiger charge is 2.15. The van der Waals surface area contributed by atoms with Crippen LogP contribution in [0.3, 0.4) is 0 Å². The molecule has 0 saturated heterocycles. The maximum Gasteiger partial charge on any atom is 0.273 e. The average Bonchev–Trinajstić information content (AvgIpc) is 3.22. The second-order valence-electron chi connectivity index (χ2n) is 6.34. The number of aromatic nitrogens is 1. The second kappa shape index (κ2) is 9.50. The van der Waals surface area contributed by atoms with Crippen LogP contribution < -0.4 is 15.4 Å². The van der Waals surface area contributed by atoms with E-state index < -0.39 is 17.6 Å². The van der Waals surface area contributed by atoms with Gasteiger partial charge in [0, 0.05) is 11.6 Å². The van der Waals surface area contributed by atoms with E-state index in [1.54, 1.807) is 19.1 Å². The number of amides is 2. The van der Waals surface area contributed by atoms with Crippen molar-refractivity contribution in [3.05, 3.63) is 72.2 Å². The van der Waals surface area contributed by atoms with E-state index in [4.69, 9.17) is 9.26 Å². The summed E-state index contributed by atoms with van der Waals surface area (Å²) in [6.45, 7) is 1.56. The first-order valence-corrected chi connectivity index (χ1v) is 9.00. The van der Waals surface area contributed by atoms with E-state index in [9.17, 15) is 14.0 Å². The molecule has 2 aromatic carbocycles. The first-order chi connectivity index (χ1) is 14.0. The Labute approximate surface area is 166 Å². The number of hydrogen-bond donors (Lipinski definition) is 2. The molecule has 0 fully saturated rings. The molecule has 3 rings (SSSR count). The number of halogens is 1. The van der Waals surface area contributed by atoms with E-state index in [0.717, 1.165) is 5.56 Å². The zero-order valence-electron chi connectivity index (χ0n) is 15.7. The van der Waals surface area contributed by atoms with Crippen LogP contribution in [0.2, 0.25) is 0 Å². The topological polar surface area (TPSA) is 93.5 Å².